The Morgan fingerprint density at radius 1 is 0.361 bits per heavy atom. The Morgan fingerprint density at radius 2 is 0.639 bits per heavy atom. The molecule has 2 saturated heterocycles. The van der Waals surface area contributed by atoms with E-state index in [4.69, 9.17) is 28.4 Å². The molecule has 0 aromatic rings. The highest BCUT2D eigenvalue weighted by atomic mass is 17.0. The normalized spacial score (nSPS) is 25.3. The van der Waals surface area contributed by atoms with Crippen LogP contribution in [0, 0.1) is 0 Å². The molecule has 490 valence electrons. The van der Waals surface area contributed by atoms with E-state index in [1.165, 1.54) is 161 Å². The SMILES string of the molecule is CCCCCCCCCCCCCCCCCC(=O)O[C@@]1(OC2(CO)O[C@H](CO)[C@@H](O)[C@@H]2O)O[C@H](CO)[C@@H](O)[C@@](O)(OC(=O)CCCCCCCCCCCCCCCCC)[C@]1(O)OC(=O)CCCCCCCCCCCCCCCCC. The summed E-state index contributed by atoms with van der Waals surface area (Å²) in [6.45, 7) is 3.11. The summed E-state index contributed by atoms with van der Waals surface area (Å²) in [5.74, 6) is -18.4. The number of hydrogen-bond donors (Lipinski definition) is 8. The lowest BCUT2D eigenvalue weighted by atomic mass is 9.88. The Balaban J connectivity index is 2.29. The maximum atomic E-state index is 14.2. The highest BCUT2D eigenvalue weighted by molar-refractivity contribution is 5.72. The molecule has 0 aliphatic carbocycles. The fourth-order valence-electron chi connectivity index (χ4n) is 11.7. The number of hydrogen-bond acceptors (Lipinski definition) is 17. The zero-order valence-electron chi connectivity index (χ0n) is 52.7. The number of aliphatic hydroxyl groups excluding tert-OH is 6. The molecule has 9 atom stereocenters. The minimum atomic E-state index is -4.10. The van der Waals surface area contributed by atoms with E-state index < -0.39 is 98.0 Å². The topological polar surface area (TPSA) is 268 Å². The monoisotopic (exact) mass is 1190 g/mol. The molecule has 2 heterocycles. The molecule has 2 rings (SSSR count). The van der Waals surface area contributed by atoms with Gasteiger partial charge in [0.05, 0.1) is 13.2 Å². The quantitative estimate of drug-likeness (QED) is 0.0122. The third-order valence-electron chi connectivity index (χ3n) is 17.1. The molecular formula is C66H124O17. The predicted molar refractivity (Wildman–Crippen MR) is 322 cm³/mol. The van der Waals surface area contributed by atoms with E-state index in [1.54, 1.807) is 0 Å². The number of aliphatic hydroxyl groups is 8. The Hall–Kier alpha value is -2.03. The average molecular weight is 1190 g/mol. The fraction of sp³-hybridized carbons (Fsp3) is 0.955. The zero-order valence-corrected chi connectivity index (χ0v) is 52.7. The number of carbonyl (C=O) groups excluding carboxylic acids is 3. The van der Waals surface area contributed by atoms with Crippen molar-refractivity contribution in [2.45, 2.75) is 383 Å². The maximum Gasteiger partial charge on any atom is 0.409 e. The number of unbranched alkanes of at least 4 members (excludes halogenated alkanes) is 42. The summed E-state index contributed by atoms with van der Waals surface area (Å²) < 4.78 is 34.6. The van der Waals surface area contributed by atoms with Crippen molar-refractivity contribution in [3.05, 3.63) is 0 Å². The Kier molecular flexibility index (Phi) is 43.7. The fourth-order valence-corrected chi connectivity index (χ4v) is 11.7. The largest absolute Gasteiger partial charge is 0.422 e. The van der Waals surface area contributed by atoms with Gasteiger partial charge in [-0.2, -0.15) is 0 Å². The van der Waals surface area contributed by atoms with Crippen molar-refractivity contribution in [1.82, 2.24) is 0 Å². The molecule has 2 aliphatic heterocycles. The Bertz CT molecular complexity index is 1610. The maximum absolute atomic E-state index is 14.2. The molecule has 2 aliphatic rings. The molecule has 0 amide bonds. The lowest BCUT2D eigenvalue weighted by Gasteiger charge is -2.56. The minimum Gasteiger partial charge on any atom is -0.422 e. The van der Waals surface area contributed by atoms with Gasteiger partial charge in [-0.1, -0.05) is 290 Å². The van der Waals surface area contributed by atoms with Gasteiger partial charge in [-0.15, -0.1) is 0 Å². The summed E-state index contributed by atoms with van der Waals surface area (Å²) in [6.07, 6.45) is 36.2. The molecule has 0 spiro atoms. The van der Waals surface area contributed by atoms with Crippen molar-refractivity contribution < 1.29 is 83.7 Å². The Labute approximate surface area is 502 Å². The summed E-state index contributed by atoms with van der Waals surface area (Å²) >= 11 is 0. The standard InChI is InChI=1S/C66H124O17/c1-4-7-10-13-16-19-22-25-28-31-34-37-40-43-46-49-57(70)80-64(76)61(74)56(53-68)79-66(83-63(54-69)62(75)60(73)55(52-67)78-63,82-59(72)51-48-45-42-39-36-33-30-27-24-21-18-15-12-9-6-3)65(64,77)81-58(71)50-47-44-41-38-35-32-29-26-23-20-17-14-11-8-5-2/h55-56,60-62,67-69,73-77H,4-54H2,1-3H3/t55-,56-,60-,61-,62+,63?,64-,65+,66+/m1/s1. The van der Waals surface area contributed by atoms with Crippen LogP contribution in [0.15, 0.2) is 0 Å². The van der Waals surface area contributed by atoms with Crippen LogP contribution in [0.2, 0.25) is 0 Å². The summed E-state index contributed by atoms with van der Waals surface area (Å²) in [4.78, 5) is 42.1. The predicted octanol–water partition coefficient (Wildman–Crippen LogP) is 13.0. The summed E-state index contributed by atoms with van der Waals surface area (Å²) in [5.41, 5.74) is 0. The minimum absolute atomic E-state index is 0.229. The molecule has 17 heteroatoms. The highest BCUT2D eigenvalue weighted by Crippen LogP contribution is 2.52. The van der Waals surface area contributed by atoms with Gasteiger partial charge in [0.1, 0.15) is 31.0 Å². The highest BCUT2D eigenvalue weighted by Gasteiger charge is 2.83. The van der Waals surface area contributed by atoms with Crippen LogP contribution in [0.25, 0.3) is 0 Å². The van der Waals surface area contributed by atoms with Crippen molar-refractivity contribution in [3.8, 4) is 0 Å². The molecule has 0 aromatic heterocycles. The lowest BCUT2D eigenvalue weighted by molar-refractivity contribution is -0.587. The molecule has 8 N–H and O–H groups in total. The summed E-state index contributed by atoms with van der Waals surface area (Å²) in [5, 5.41) is 91.5. The van der Waals surface area contributed by atoms with Crippen LogP contribution in [0.1, 0.15) is 329 Å². The summed E-state index contributed by atoms with van der Waals surface area (Å²) in [7, 11) is 0. The lowest BCUT2D eigenvalue weighted by Crippen LogP contribution is -2.84. The van der Waals surface area contributed by atoms with Crippen LogP contribution in [0.5, 0.6) is 0 Å². The van der Waals surface area contributed by atoms with Gasteiger partial charge in [0.25, 0.3) is 0 Å². The molecule has 0 saturated carbocycles. The van der Waals surface area contributed by atoms with E-state index in [-0.39, 0.29) is 32.1 Å². The van der Waals surface area contributed by atoms with E-state index in [0.717, 1.165) is 89.9 Å². The van der Waals surface area contributed by atoms with Crippen LogP contribution < -0.4 is 0 Å². The van der Waals surface area contributed by atoms with Gasteiger partial charge in [-0.05, 0) is 19.3 Å². The first-order chi connectivity index (χ1) is 40.2. The second-order valence-corrected chi connectivity index (χ2v) is 24.5. The number of carbonyl (C=O) groups is 3. The Morgan fingerprint density at radius 3 is 0.916 bits per heavy atom. The molecule has 17 nitrogen and oxygen atoms in total. The molecule has 1 unspecified atom stereocenters. The summed E-state index contributed by atoms with van der Waals surface area (Å²) in [6, 6.07) is 0. The molecule has 2 fully saturated rings. The first-order valence-corrected chi connectivity index (χ1v) is 34.2. The molecule has 0 radical (unpaired) electrons. The van der Waals surface area contributed by atoms with E-state index in [9.17, 15) is 55.2 Å². The van der Waals surface area contributed by atoms with Crippen molar-refractivity contribution in [2.24, 2.45) is 0 Å². The number of rotatable bonds is 56. The molecule has 83 heavy (non-hydrogen) atoms. The smallest absolute Gasteiger partial charge is 0.409 e. The van der Waals surface area contributed by atoms with Crippen LogP contribution in [-0.2, 0) is 42.8 Å². The van der Waals surface area contributed by atoms with Gasteiger partial charge in [-0.25, -0.2) is 0 Å². The molecule has 0 aromatic carbocycles. The van der Waals surface area contributed by atoms with E-state index in [2.05, 4.69) is 20.8 Å². The first-order valence-electron chi connectivity index (χ1n) is 34.2. The van der Waals surface area contributed by atoms with Crippen LogP contribution in [0.4, 0.5) is 0 Å². The number of esters is 3. The third-order valence-corrected chi connectivity index (χ3v) is 17.1. The van der Waals surface area contributed by atoms with E-state index in [0.29, 0.717) is 19.3 Å². The second kappa shape index (κ2) is 47.0. The van der Waals surface area contributed by atoms with Crippen LogP contribution >= 0.6 is 0 Å². The van der Waals surface area contributed by atoms with Gasteiger partial charge in [0.15, 0.2) is 6.10 Å². The average Bonchev–Trinajstić information content (AvgIpc) is 2.43. The van der Waals surface area contributed by atoms with Crippen molar-refractivity contribution >= 4 is 17.9 Å². The first kappa shape index (κ1) is 77.1. The zero-order chi connectivity index (χ0) is 60.9. The van der Waals surface area contributed by atoms with E-state index in [1.807, 2.05) is 0 Å². The van der Waals surface area contributed by atoms with Gasteiger partial charge < -0.3 is 64.5 Å². The van der Waals surface area contributed by atoms with Crippen LogP contribution in [0.3, 0.4) is 0 Å². The number of ether oxygens (including phenoxy) is 6. The van der Waals surface area contributed by atoms with Gasteiger partial charge in [0, 0.05) is 19.3 Å². The van der Waals surface area contributed by atoms with E-state index >= 15 is 0 Å². The van der Waals surface area contributed by atoms with Gasteiger partial charge in [-0.3, -0.25) is 19.1 Å². The van der Waals surface area contributed by atoms with Crippen LogP contribution in [-0.4, -0.2) is 132 Å². The van der Waals surface area contributed by atoms with Crippen molar-refractivity contribution in [3.63, 3.8) is 0 Å². The second-order valence-electron chi connectivity index (χ2n) is 24.5. The molecule has 0 bridgehead atoms. The van der Waals surface area contributed by atoms with Crippen molar-refractivity contribution in [1.29, 1.82) is 0 Å². The third kappa shape index (κ3) is 29.2. The van der Waals surface area contributed by atoms with Crippen molar-refractivity contribution in [2.75, 3.05) is 19.8 Å². The van der Waals surface area contributed by atoms with Gasteiger partial charge in [0.2, 0.25) is 5.79 Å². The van der Waals surface area contributed by atoms with Gasteiger partial charge >= 0.3 is 35.5 Å². The molecular weight excluding hydrogens is 1060 g/mol.